The van der Waals surface area contributed by atoms with Crippen molar-refractivity contribution in [3.8, 4) is 11.1 Å². The Bertz CT molecular complexity index is 1000. The van der Waals surface area contributed by atoms with Gasteiger partial charge in [0.1, 0.15) is 6.33 Å². The number of piperidine rings is 1. The van der Waals surface area contributed by atoms with Gasteiger partial charge in [0.2, 0.25) is 11.9 Å². The largest absolute Gasteiger partial charge is 0.347 e. The quantitative estimate of drug-likeness (QED) is 0.614. The molecule has 0 aliphatic carbocycles. The molecular formula is C24H28N6O. The highest BCUT2D eigenvalue weighted by Crippen LogP contribution is 2.34. The summed E-state index contributed by atoms with van der Waals surface area (Å²) in [5, 5.41) is 0. The van der Waals surface area contributed by atoms with Crippen molar-refractivity contribution >= 4 is 11.9 Å². The Morgan fingerprint density at radius 2 is 1.77 bits per heavy atom. The first kappa shape index (κ1) is 20.9. The fourth-order valence-corrected chi connectivity index (χ4v) is 4.03. The maximum atomic E-state index is 12.7. The van der Waals surface area contributed by atoms with E-state index in [1.165, 1.54) is 11.9 Å². The monoisotopic (exact) mass is 416 g/mol. The van der Waals surface area contributed by atoms with E-state index in [0.29, 0.717) is 12.4 Å². The molecule has 160 valence electrons. The third kappa shape index (κ3) is 5.05. The lowest BCUT2D eigenvalue weighted by Crippen LogP contribution is -2.38. The van der Waals surface area contributed by atoms with Crippen LogP contribution in [0, 0.1) is 0 Å². The van der Waals surface area contributed by atoms with E-state index >= 15 is 0 Å². The third-order valence-corrected chi connectivity index (χ3v) is 5.78. The molecule has 3 aromatic rings. The first-order chi connectivity index (χ1) is 15.1. The number of benzene rings is 1. The molecule has 1 amide bonds. The van der Waals surface area contributed by atoms with E-state index in [1.54, 1.807) is 12.4 Å². The van der Waals surface area contributed by atoms with Crippen LogP contribution in [-0.2, 0) is 11.2 Å². The number of nitrogens with zero attached hydrogens (tertiary/aromatic N) is 6. The van der Waals surface area contributed by atoms with Crippen LogP contribution >= 0.6 is 0 Å². The number of rotatable bonds is 6. The van der Waals surface area contributed by atoms with E-state index in [1.807, 2.05) is 48.3 Å². The molecule has 1 aromatic carbocycles. The van der Waals surface area contributed by atoms with Crippen LogP contribution in [0.1, 0.15) is 36.4 Å². The van der Waals surface area contributed by atoms with Crippen LogP contribution in [0.3, 0.4) is 0 Å². The molecule has 7 heteroatoms. The molecule has 0 saturated carbocycles. The lowest BCUT2D eigenvalue weighted by Gasteiger charge is -2.33. The highest BCUT2D eigenvalue weighted by Gasteiger charge is 2.27. The molecule has 0 spiro atoms. The Labute approximate surface area is 183 Å². The van der Waals surface area contributed by atoms with Crippen LogP contribution < -0.4 is 4.90 Å². The lowest BCUT2D eigenvalue weighted by molar-refractivity contribution is -0.132. The van der Waals surface area contributed by atoms with Crippen molar-refractivity contribution in [2.75, 3.05) is 32.1 Å². The first-order valence-electron chi connectivity index (χ1n) is 10.7. The molecule has 0 N–H and O–H groups in total. The number of carbonyl (C=O) groups excluding carboxylic acids is 1. The number of amides is 1. The summed E-state index contributed by atoms with van der Waals surface area (Å²) in [6.45, 7) is 1.51. The van der Waals surface area contributed by atoms with E-state index in [-0.39, 0.29) is 11.8 Å². The van der Waals surface area contributed by atoms with Crippen LogP contribution in [0.4, 0.5) is 5.95 Å². The zero-order valence-corrected chi connectivity index (χ0v) is 18.1. The van der Waals surface area contributed by atoms with Gasteiger partial charge in [-0.2, -0.15) is 0 Å². The molecule has 0 bridgehead atoms. The van der Waals surface area contributed by atoms with Gasteiger partial charge in [-0.15, -0.1) is 0 Å². The van der Waals surface area contributed by atoms with E-state index in [2.05, 4.69) is 27.1 Å². The minimum atomic E-state index is 0.232. The Balaban J connectivity index is 1.45. The summed E-state index contributed by atoms with van der Waals surface area (Å²) >= 11 is 0. The molecular weight excluding hydrogens is 388 g/mol. The van der Waals surface area contributed by atoms with Crippen LogP contribution in [-0.4, -0.2) is 57.9 Å². The summed E-state index contributed by atoms with van der Waals surface area (Å²) in [6, 6.07) is 10.2. The van der Waals surface area contributed by atoms with Crippen molar-refractivity contribution in [1.82, 2.24) is 24.8 Å². The second-order valence-electron chi connectivity index (χ2n) is 8.13. The Morgan fingerprint density at radius 1 is 1.06 bits per heavy atom. The highest BCUT2D eigenvalue weighted by molar-refractivity contribution is 5.76. The molecule has 0 radical (unpaired) electrons. The maximum absolute atomic E-state index is 12.7. The molecule has 7 nitrogen and oxygen atoms in total. The predicted molar refractivity (Wildman–Crippen MR) is 121 cm³/mol. The highest BCUT2D eigenvalue weighted by atomic mass is 16.2. The molecule has 1 aliphatic rings. The minimum absolute atomic E-state index is 0.232. The van der Waals surface area contributed by atoms with Crippen molar-refractivity contribution in [3.63, 3.8) is 0 Å². The maximum Gasteiger partial charge on any atom is 0.225 e. The van der Waals surface area contributed by atoms with E-state index in [9.17, 15) is 4.79 Å². The van der Waals surface area contributed by atoms with Gasteiger partial charge in [0, 0.05) is 69.2 Å². The van der Waals surface area contributed by atoms with Crippen molar-refractivity contribution in [2.45, 2.75) is 31.6 Å². The van der Waals surface area contributed by atoms with Crippen LogP contribution in [0.25, 0.3) is 11.1 Å². The number of carbonyl (C=O) groups is 1. The van der Waals surface area contributed by atoms with Crippen molar-refractivity contribution in [3.05, 3.63) is 66.5 Å². The fourth-order valence-electron chi connectivity index (χ4n) is 4.03. The molecule has 4 rings (SSSR count). The lowest BCUT2D eigenvalue weighted by atomic mass is 9.89. The SMILES string of the molecule is CN(C)c1ncc(-c2cncnc2)c(C2CCN(C(=O)CCc3ccccc3)CC2)n1. The summed E-state index contributed by atoms with van der Waals surface area (Å²) in [5.74, 6) is 1.20. The number of hydrogen-bond donors (Lipinski definition) is 0. The van der Waals surface area contributed by atoms with Crippen LogP contribution in [0.2, 0.25) is 0 Å². The predicted octanol–water partition coefficient (Wildman–Crippen LogP) is 3.34. The Kier molecular flexibility index (Phi) is 6.50. The van der Waals surface area contributed by atoms with Gasteiger partial charge in [0.15, 0.2) is 0 Å². The number of likely N-dealkylation sites (tertiary alicyclic amines) is 1. The number of aromatic nitrogens is 4. The minimum Gasteiger partial charge on any atom is -0.347 e. The van der Waals surface area contributed by atoms with Gasteiger partial charge < -0.3 is 9.80 Å². The normalized spacial score (nSPS) is 14.5. The standard InChI is InChI=1S/C24H28N6O/c1-29(2)24-27-16-21(20-14-25-17-26-15-20)23(28-24)19-10-12-30(13-11-19)22(31)9-8-18-6-4-3-5-7-18/h3-7,14-17,19H,8-13H2,1-2H3. The van der Waals surface area contributed by atoms with Crippen molar-refractivity contribution in [1.29, 1.82) is 0 Å². The molecule has 1 saturated heterocycles. The smallest absolute Gasteiger partial charge is 0.225 e. The molecule has 3 heterocycles. The van der Waals surface area contributed by atoms with Crippen LogP contribution in [0.15, 0.2) is 55.2 Å². The average molecular weight is 417 g/mol. The molecule has 1 aliphatic heterocycles. The van der Waals surface area contributed by atoms with Gasteiger partial charge in [-0.05, 0) is 24.8 Å². The van der Waals surface area contributed by atoms with Gasteiger partial charge in [-0.3, -0.25) is 4.79 Å². The summed E-state index contributed by atoms with van der Waals surface area (Å²) in [6.07, 6.45) is 10.1. The van der Waals surface area contributed by atoms with Gasteiger partial charge in [0.05, 0.1) is 5.69 Å². The fraction of sp³-hybridized carbons (Fsp3) is 0.375. The number of hydrogen-bond acceptors (Lipinski definition) is 6. The zero-order chi connectivity index (χ0) is 21.6. The van der Waals surface area contributed by atoms with Crippen molar-refractivity contribution < 1.29 is 4.79 Å². The van der Waals surface area contributed by atoms with E-state index < -0.39 is 0 Å². The van der Waals surface area contributed by atoms with Gasteiger partial charge >= 0.3 is 0 Å². The second-order valence-corrected chi connectivity index (χ2v) is 8.13. The molecule has 1 fully saturated rings. The summed E-state index contributed by atoms with van der Waals surface area (Å²) in [5.41, 5.74) is 4.12. The summed E-state index contributed by atoms with van der Waals surface area (Å²) in [7, 11) is 3.89. The number of aryl methyl sites for hydroxylation is 1. The zero-order valence-electron chi connectivity index (χ0n) is 18.1. The topological polar surface area (TPSA) is 75.1 Å². The molecule has 0 atom stereocenters. The second kappa shape index (κ2) is 9.64. The average Bonchev–Trinajstić information content (AvgIpc) is 2.83. The van der Waals surface area contributed by atoms with Crippen molar-refractivity contribution in [2.24, 2.45) is 0 Å². The van der Waals surface area contributed by atoms with Crippen LogP contribution in [0.5, 0.6) is 0 Å². The van der Waals surface area contributed by atoms with E-state index in [0.717, 1.165) is 49.2 Å². The number of anilines is 1. The van der Waals surface area contributed by atoms with E-state index in [4.69, 9.17) is 4.98 Å². The van der Waals surface area contributed by atoms with Gasteiger partial charge in [-0.25, -0.2) is 19.9 Å². The first-order valence-corrected chi connectivity index (χ1v) is 10.7. The Morgan fingerprint density at radius 3 is 2.45 bits per heavy atom. The van der Waals surface area contributed by atoms with Gasteiger partial charge in [-0.1, -0.05) is 30.3 Å². The summed E-state index contributed by atoms with van der Waals surface area (Å²) in [4.78, 5) is 34.3. The Hall–Kier alpha value is -3.35. The third-order valence-electron chi connectivity index (χ3n) is 5.78. The molecule has 31 heavy (non-hydrogen) atoms. The summed E-state index contributed by atoms with van der Waals surface area (Å²) < 4.78 is 0. The molecule has 2 aromatic heterocycles. The molecule has 0 unspecified atom stereocenters. The van der Waals surface area contributed by atoms with Gasteiger partial charge in [0.25, 0.3) is 0 Å².